The molecule has 11 heteroatoms. The quantitative estimate of drug-likeness (QED) is 0.356. The Morgan fingerprint density at radius 2 is 1.55 bits per heavy atom. The Morgan fingerprint density at radius 1 is 0.966 bits per heavy atom. The number of aliphatic hydroxyl groups excluding tert-OH is 2. The minimum Gasteiger partial charge on any atom is -0.389 e. The molecule has 172 valence electrons. The summed E-state index contributed by atoms with van der Waals surface area (Å²) in [6.45, 7) is 10.7. The lowest BCUT2D eigenvalue weighted by molar-refractivity contribution is -0.0760. The first-order valence-corrected chi connectivity index (χ1v) is 11.7. The van der Waals surface area contributed by atoms with E-state index in [2.05, 4.69) is 5.09 Å². The van der Waals surface area contributed by atoms with Crippen molar-refractivity contribution in [1.29, 1.82) is 0 Å². The van der Waals surface area contributed by atoms with Gasteiger partial charge in [-0.25, -0.2) is 9.65 Å². The maximum atomic E-state index is 12.6. The van der Waals surface area contributed by atoms with Gasteiger partial charge in [0.05, 0.1) is 55.9 Å². The Morgan fingerprint density at radius 3 is 2.14 bits per heavy atom. The second-order valence-electron chi connectivity index (χ2n) is 8.24. The van der Waals surface area contributed by atoms with Gasteiger partial charge in [-0.2, -0.15) is 0 Å². The first kappa shape index (κ1) is 25.1. The van der Waals surface area contributed by atoms with Crippen molar-refractivity contribution in [3.63, 3.8) is 0 Å². The molecule has 0 aromatic heterocycles. The van der Waals surface area contributed by atoms with Gasteiger partial charge in [-0.1, -0.05) is 0 Å². The maximum Gasteiger partial charge on any atom is 0.403 e. The molecule has 2 heterocycles. The number of nitrogens with one attached hydrogen (secondary N) is 1. The van der Waals surface area contributed by atoms with Crippen LogP contribution in [0, 0.1) is 0 Å². The van der Waals surface area contributed by atoms with Crippen molar-refractivity contribution in [2.75, 3.05) is 13.2 Å². The molecule has 4 N–H and O–H groups in total. The van der Waals surface area contributed by atoms with E-state index in [0.717, 1.165) is 0 Å². The zero-order valence-corrected chi connectivity index (χ0v) is 18.8. The summed E-state index contributed by atoms with van der Waals surface area (Å²) in [7, 11) is -4.31. The van der Waals surface area contributed by atoms with Crippen LogP contribution in [0.3, 0.4) is 0 Å². The van der Waals surface area contributed by atoms with Gasteiger partial charge in [0.25, 0.3) is 0 Å². The van der Waals surface area contributed by atoms with E-state index < -0.39 is 56.5 Å². The Kier molecular flexibility index (Phi) is 9.06. The lowest BCUT2D eigenvalue weighted by Crippen LogP contribution is -2.45. The standard InChI is InChI=1S/C18H36NO9P/c1-9(2)24-7-13-15(16(20)11(5)27-13)19-29(22,23)25-8-14-18(26-10(3)4)17(21)12(6)28-14/h9-18,20-21H,7-8H2,1-6H3,(H2,19,22,23)/t11-,12-,13+,14+,15?,16+,17+,18?/m0/s1. The average Bonchev–Trinajstić information content (AvgIpc) is 3.02. The highest BCUT2D eigenvalue weighted by Gasteiger charge is 2.47. The molecule has 0 amide bonds. The van der Waals surface area contributed by atoms with Crippen molar-refractivity contribution < 1.29 is 43.1 Å². The monoisotopic (exact) mass is 441 g/mol. The molecule has 0 radical (unpaired) electrons. The van der Waals surface area contributed by atoms with Gasteiger partial charge >= 0.3 is 7.75 Å². The topological polar surface area (TPSA) is 136 Å². The Bertz CT molecular complexity index is 563. The number of hydrogen-bond acceptors (Lipinski definition) is 8. The molecular formula is C18H36NO9P. The lowest BCUT2D eigenvalue weighted by atomic mass is 10.1. The van der Waals surface area contributed by atoms with Crippen LogP contribution in [0.15, 0.2) is 0 Å². The molecule has 0 aliphatic carbocycles. The van der Waals surface area contributed by atoms with Crippen LogP contribution in [0.2, 0.25) is 0 Å². The molecule has 10 nitrogen and oxygen atoms in total. The molecule has 2 aliphatic rings. The van der Waals surface area contributed by atoms with Crippen molar-refractivity contribution in [1.82, 2.24) is 5.09 Å². The molecule has 0 spiro atoms. The normalized spacial score (nSPS) is 40.1. The minimum absolute atomic E-state index is 0.0460. The third-order valence-electron chi connectivity index (χ3n) is 4.96. The molecule has 0 aromatic rings. The highest BCUT2D eigenvalue weighted by molar-refractivity contribution is 7.50. The molecule has 0 saturated carbocycles. The van der Waals surface area contributed by atoms with Gasteiger partial charge in [-0.3, -0.25) is 4.52 Å². The van der Waals surface area contributed by atoms with Crippen LogP contribution in [0.1, 0.15) is 41.5 Å². The number of aliphatic hydroxyl groups is 2. The molecule has 2 saturated heterocycles. The van der Waals surface area contributed by atoms with Crippen molar-refractivity contribution in [2.24, 2.45) is 0 Å². The number of ether oxygens (including phenoxy) is 4. The van der Waals surface area contributed by atoms with Crippen LogP contribution < -0.4 is 5.09 Å². The van der Waals surface area contributed by atoms with E-state index in [1.165, 1.54) is 0 Å². The maximum absolute atomic E-state index is 12.6. The van der Waals surface area contributed by atoms with E-state index in [1.807, 2.05) is 27.7 Å². The summed E-state index contributed by atoms with van der Waals surface area (Å²) < 4.78 is 40.3. The van der Waals surface area contributed by atoms with Crippen LogP contribution in [-0.2, 0) is 28.0 Å². The Labute approximate surface area is 172 Å². The van der Waals surface area contributed by atoms with E-state index in [1.54, 1.807) is 13.8 Å². The molecule has 9 atom stereocenters. The molecule has 3 unspecified atom stereocenters. The minimum atomic E-state index is -4.31. The van der Waals surface area contributed by atoms with Crippen molar-refractivity contribution in [2.45, 2.75) is 103 Å². The summed E-state index contributed by atoms with van der Waals surface area (Å²) in [5.41, 5.74) is 0. The Hall–Kier alpha value is -0.130. The molecule has 0 bridgehead atoms. The molecule has 29 heavy (non-hydrogen) atoms. The number of hydrogen-bond donors (Lipinski definition) is 4. The van der Waals surface area contributed by atoms with Gasteiger partial charge in [0.1, 0.15) is 18.3 Å². The van der Waals surface area contributed by atoms with Crippen LogP contribution in [0.25, 0.3) is 0 Å². The molecule has 2 aliphatic heterocycles. The highest BCUT2D eigenvalue weighted by Crippen LogP contribution is 2.41. The van der Waals surface area contributed by atoms with Crippen LogP contribution >= 0.6 is 7.75 Å². The van der Waals surface area contributed by atoms with Gasteiger partial charge in [-0.05, 0) is 41.5 Å². The summed E-state index contributed by atoms with van der Waals surface area (Å²) >= 11 is 0. The fraction of sp³-hybridized carbons (Fsp3) is 1.00. The van der Waals surface area contributed by atoms with Gasteiger partial charge in [0.15, 0.2) is 0 Å². The summed E-state index contributed by atoms with van der Waals surface area (Å²) in [5, 5.41) is 23.0. The zero-order chi connectivity index (χ0) is 21.9. The number of rotatable bonds is 10. The van der Waals surface area contributed by atoms with E-state index in [-0.39, 0.29) is 25.4 Å². The fourth-order valence-electron chi connectivity index (χ4n) is 3.48. The summed E-state index contributed by atoms with van der Waals surface area (Å²) in [5.74, 6) is 0. The summed E-state index contributed by atoms with van der Waals surface area (Å²) in [6, 6.07) is -0.837. The fourth-order valence-corrected chi connectivity index (χ4v) is 4.60. The van der Waals surface area contributed by atoms with Crippen LogP contribution in [-0.4, -0.2) is 89.3 Å². The molecule has 2 rings (SSSR count). The smallest absolute Gasteiger partial charge is 0.389 e. The van der Waals surface area contributed by atoms with E-state index in [4.69, 9.17) is 23.5 Å². The first-order chi connectivity index (χ1) is 13.4. The molecule has 2 fully saturated rings. The van der Waals surface area contributed by atoms with E-state index >= 15 is 0 Å². The van der Waals surface area contributed by atoms with Gasteiger partial charge in [0, 0.05) is 0 Å². The summed E-state index contributed by atoms with van der Waals surface area (Å²) in [4.78, 5) is 10.3. The van der Waals surface area contributed by atoms with Crippen molar-refractivity contribution in [3.05, 3.63) is 0 Å². The van der Waals surface area contributed by atoms with Crippen LogP contribution in [0.5, 0.6) is 0 Å². The van der Waals surface area contributed by atoms with Gasteiger partial charge < -0.3 is 34.1 Å². The third kappa shape index (κ3) is 6.93. The molecule has 0 aromatic carbocycles. The second kappa shape index (κ2) is 10.5. The van der Waals surface area contributed by atoms with Gasteiger partial charge in [0.2, 0.25) is 0 Å². The average molecular weight is 441 g/mol. The second-order valence-corrected chi connectivity index (χ2v) is 9.80. The van der Waals surface area contributed by atoms with Crippen LogP contribution in [0.4, 0.5) is 0 Å². The SMILES string of the molecule is CC(C)OC[C@H]1O[C@@H](C)[C@@H](O)C1NP(=O)(O)OC[C@H]1O[C@@H](C)[C@@H](O)C1OC(C)C. The van der Waals surface area contributed by atoms with E-state index in [9.17, 15) is 19.7 Å². The van der Waals surface area contributed by atoms with Crippen molar-refractivity contribution >= 4 is 7.75 Å². The molecular weight excluding hydrogens is 405 g/mol. The van der Waals surface area contributed by atoms with E-state index in [0.29, 0.717) is 0 Å². The lowest BCUT2D eigenvalue weighted by Gasteiger charge is -2.27. The predicted octanol–water partition coefficient (Wildman–Crippen LogP) is 0.577. The largest absolute Gasteiger partial charge is 0.403 e. The summed E-state index contributed by atoms with van der Waals surface area (Å²) in [6.07, 6.45) is -5.04. The zero-order valence-electron chi connectivity index (χ0n) is 17.9. The third-order valence-corrected chi connectivity index (χ3v) is 6.08. The highest BCUT2D eigenvalue weighted by atomic mass is 31.2. The predicted molar refractivity (Wildman–Crippen MR) is 104 cm³/mol. The first-order valence-electron chi connectivity index (χ1n) is 10.1. The van der Waals surface area contributed by atoms with Gasteiger partial charge in [-0.15, -0.1) is 0 Å². The Balaban J connectivity index is 1.96. The van der Waals surface area contributed by atoms with Crippen molar-refractivity contribution in [3.8, 4) is 0 Å².